The Bertz CT molecular complexity index is 465. The monoisotopic (exact) mass is 279 g/mol. The maximum atomic E-state index is 10.8. The van der Waals surface area contributed by atoms with Gasteiger partial charge in [0.25, 0.3) is 0 Å². The van der Waals surface area contributed by atoms with Crippen LogP contribution in [0.25, 0.3) is 0 Å². The van der Waals surface area contributed by atoms with Crippen molar-refractivity contribution in [3.8, 4) is 5.88 Å². The van der Waals surface area contributed by atoms with Crippen molar-refractivity contribution in [1.82, 2.24) is 9.97 Å². The molecule has 6 heteroatoms. The van der Waals surface area contributed by atoms with Gasteiger partial charge in [-0.15, -0.1) is 0 Å². The third kappa shape index (κ3) is 4.08. The number of aromatic nitrogens is 2. The largest absolute Gasteiger partial charge is 0.481 e. The summed E-state index contributed by atoms with van der Waals surface area (Å²) in [7, 11) is 0. The van der Waals surface area contributed by atoms with Crippen LogP contribution in [0.5, 0.6) is 5.88 Å². The second-order valence-corrected chi connectivity index (χ2v) is 5.41. The van der Waals surface area contributed by atoms with Crippen molar-refractivity contribution in [3.63, 3.8) is 0 Å². The summed E-state index contributed by atoms with van der Waals surface area (Å²) in [6, 6.07) is 1.74. The van der Waals surface area contributed by atoms with Crippen molar-refractivity contribution in [2.75, 3.05) is 18.0 Å². The van der Waals surface area contributed by atoms with Crippen LogP contribution in [0.15, 0.2) is 12.3 Å². The van der Waals surface area contributed by atoms with E-state index in [1.807, 2.05) is 18.7 Å². The predicted molar refractivity (Wildman–Crippen MR) is 75.0 cm³/mol. The minimum atomic E-state index is -0.741. The van der Waals surface area contributed by atoms with Gasteiger partial charge in [-0.2, -0.15) is 4.98 Å². The van der Waals surface area contributed by atoms with Crippen LogP contribution in [0.1, 0.15) is 33.1 Å². The summed E-state index contributed by atoms with van der Waals surface area (Å²) in [5, 5.41) is 8.90. The maximum Gasteiger partial charge on any atom is 0.303 e. The second kappa shape index (κ2) is 6.54. The highest BCUT2D eigenvalue weighted by atomic mass is 16.5. The van der Waals surface area contributed by atoms with Crippen molar-refractivity contribution < 1.29 is 14.6 Å². The molecule has 1 aliphatic heterocycles. The van der Waals surface area contributed by atoms with E-state index < -0.39 is 5.97 Å². The molecule has 1 fully saturated rings. The molecule has 6 nitrogen and oxygen atoms in total. The molecule has 0 aliphatic carbocycles. The molecule has 1 aromatic rings. The zero-order valence-corrected chi connectivity index (χ0v) is 12.0. The van der Waals surface area contributed by atoms with Gasteiger partial charge >= 0.3 is 5.97 Å². The van der Waals surface area contributed by atoms with E-state index in [2.05, 4.69) is 9.97 Å². The number of carbonyl (C=O) groups is 1. The molecule has 0 spiro atoms. The van der Waals surface area contributed by atoms with Crippen molar-refractivity contribution in [2.45, 2.75) is 39.2 Å². The lowest BCUT2D eigenvalue weighted by atomic mass is 9.95. The summed E-state index contributed by atoms with van der Waals surface area (Å²) in [6.07, 6.45) is 3.88. The van der Waals surface area contributed by atoms with Crippen LogP contribution in [0, 0.1) is 5.92 Å². The van der Waals surface area contributed by atoms with Gasteiger partial charge < -0.3 is 14.7 Å². The van der Waals surface area contributed by atoms with Gasteiger partial charge in [0.15, 0.2) is 0 Å². The van der Waals surface area contributed by atoms with Gasteiger partial charge in [0.1, 0.15) is 0 Å². The lowest BCUT2D eigenvalue weighted by molar-refractivity contribution is -0.138. The first-order valence-electron chi connectivity index (χ1n) is 7.01. The van der Waals surface area contributed by atoms with Gasteiger partial charge in [0, 0.05) is 31.8 Å². The molecular formula is C14H21N3O3. The first-order valence-corrected chi connectivity index (χ1v) is 7.01. The molecule has 0 amide bonds. The second-order valence-electron chi connectivity index (χ2n) is 5.41. The minimum Gasteiger partial charge on any atom is -0.481 e. The number of nitrogens with zero attached hydrogens (tertiary/aromatic N) is 3. The molecule has 1 unspecified atom stereocenters. The number of hydrogen-bond donors (Lipinski definition) is 1. The fourth-order valence-corrected chi connectivity index (χ4v) is 2.45. The molecule has 20 heavy (non-hydrogen) atoms. The number of rotatable bonds is 5. The highest BCUT2D eigenvalue weighted by Gasteiger charge is 2.23. The Hall–Kier alpha value is -1.85. The van der Waals surface area contributed by atoms with Crippen LogP contribution in [-0.2, 0) is 4.79 Å². The first-order chi connectivity index (χ1) is 9.54. The van der Waals surface area contributed by atoms with Gasteiger partial charge in [0.2, 0.25) is 11.8 Å². The van der Waals surface area contributed by atoms with E-state index in [0.29, 0.717) is 18.4 Å². The van der Waals surface area contributed by atoms with Gasteiger partial charge in [-0.1, -0.05) is 0 Å². The van der Waals surface area contributed by atoms with Gasteiger partial charge in [0.05, 0.1) is 6.10 Å². The molecule has 0 aromatic carbocycles. The number of anilines is 1. The standard InChI is InChI=1S/C14H21N3O3/c1-10(2)20-12-5-6-15-14(16-12)17-7-3-4-11(9-17)8-13(18)19/h5-6,10-11H,3-4,7-9H2,1-2H3,(H,18,19). The highest BCUT2D eigenvalue weighted by Crippen LogP contribution is 2.23. The van der Waals surface area contributed by atoms with Gasteiger partial charge in [-0.25, -0.2) is 4.98 Å². The van der Waals surface area contributed by atoms with Crippen molar-refractivity contribution in [1.29, 1.82) is 0 Å². The summed E-state index contributed by atoms with van der Waals surface area (Å²) in [5.41, 5.74) is 0. The molecular weight excluding hydrogens is 258 g/mol. The van der Waals surface area contributed by atoms with E-state index in [9.17, 15) is 4.79 Å². The summed E-state index contributed by atoms with van der Waals surface area (Å²) in [6.45, 7) is 5.45. The Kier molecular flexibility index (Phi) is 4.76. The predicted octanol–water partition coefficient (Wildman–Crippen LogP) is 1.95. The van der Waals surface area contributed by atoms with Crippen LogP contribution in [0.2, 0.25) is 0 Å². The van der Waals surface area contributed by atoms with E-state index in [0.717, 1.165) is 19.4 Å². The van der Waals surface area contributed by atoms with Crippen LogP contribution < -0.4 is 9.64 Å². The fraction of sp³-hybridized carbons (Fsp3) is 0.643. The molecule has 1 N–H and O–H groups in total. The summed E-state index contributed by atoms with van der Waals surface area (Å²) < 4.78 is 5.57. The number of ether oxygens (including phenoxy) is 1. The smallest absolute Gasteiger partial charge is 0.303 e. The summed E-state index contributed by atoms with van der Waals surface area (Å²) in [4.78, 5) is 21.5. The van der Waals surface area contributed by atoms with Crippen LogP contribution in [0.3, 0.4) is 0 Å². The minimum absolute atomic E-state index is 0.0684. The number of carboxylic acid groups (broad SMARTS) is 1. The van der Waals surface area contributed by atoms with Gasteiger partial charge in [-0.3, -0.25) is 4.79 Å². The molecule has 0 bridgehead atoms. The van der Waals surface area contributed by atoms with E-state index in [-0.39, 0.29) is 18.4 Å². The van der Waals surface area contributed by atoms with E-state index in [1.165, 1.54) is 0 Å². The quantitative estimate of drug-likeness (QED) is 0.888. The van der Waals surface area contributed by atoms with Crippen molar-refractivity contribution >= 4 is 11.9 Å². The molecule has 1 aromatic heterocycles. The zero-order chi connectivity index (χ0) is 14.5. The highest BCUT2D eigenvalue weighted by molar-refractivity contribution is 5.67. The van der Waals surface area contributed by atoms with Crippen LogP contribution >= 0.6 is 0 Å². The Morgan fingerprint density at radius 1 is 1.60 bits per heavy atom. The molecule has 1 atom stereocenters. The van der Waals surface area contributed by atoms with Crippen LogP contribution in [0.4, 0.5) is 5.95 Å². The molecule has 2 rings (SSSR count). The van der Waals surface area contributed by atoms with E-state index >= 15 is 0 Å². The lowest BCUT2D eigenvalue weighted by Gasteiger charge is -2.32. The lowest BCUT2D eigenvalue weighted by Crippen LogP contribution is -2.37. The number of piperidine rings is 1. The average Bonchev–Trinajstić information content (AvgIpc) is 2.38. The van der Waals surface area contributed by atoms with Crippen molar-refractivity contribution in [3.05, 3.63) is 12.3 Å². The van der Waals surface area contributed by atoms with Crippen molar-refractivity contribution in [2.24, 2.45) is 5.92 Å². The number of hydrogen-bond acceptors (Lipinski definition) is 5. The Morgan fingerprint density at radius 2 is 2.40 bits per heavy atom. The fourth-order valence-electron chi connectivity index (χ4n) is 2.45. The van der Waals surface area contributed by atoms with E-state index in [1.54, 1.807) is 12.3 Å². The number of aliphatic carboxylic acids is 1. The molecule has 110 valence electrons. The maximum absolute atomic E-state index is 10.8. The first kappa shape index (κ1) is 14.6. The van der Waals surface area contributed by atoms with Gasteiger partial charge in [-0.05, 0) is 32.6 Å². The molecule has 0 radical (unpaired) electrons. The third-order valence-electron chi connectivity index (χ3n) is 3.24. The molecule has 0 saturated carbocycles. The summed E-state index contributed by atoms with van der Waals surface area (Å²) >= 11 is 0. The number of carboxylic acids is 1. The summed E-state index contributed by atoms with van der Waals surface area (Å²) in [5.74, 6) is 0.609. The zero-order valence-electron chi connectivity index (χ0n) is 12.0. The average molecular weight is 279 g/mol. The Balaban J connectivity index is 2.04. The topological polar surface area (TPSA) is 75.5 Å². The van der Waals surface area contributed by atoms with E-state index in [4.69, 9.17) is 9.84 Å². The SMILES string of the molecule is CC(C)Oc1ccnc(N2CCCC(CC(=O)O)C2)n1. The molecule has 2 heterocycles. The Labute approximate surface area is 118 Å². The normalized spacial score (nSPS) is 19.1. The molecule has 1 aliphatic rings. The Morgan fingerprint density at radius 3 is 3.10 bits per heavy atom. The van der Waals surface area contributed by atoms with Crippen LogP contribution in [-0.4, -0.2) is 40.2 Å². The molecule has 1 saturated heterocycles. The third-order valence-corrected chi connectivity index (χ3v) is 3.24.